The van der Waals surface area contributed by atoms with Gasteiger partial charge in [0.1, 0.15) is 5.25 Å². The maximum atomic E-state index is 12.6. The molecular weight excluding hydrogens is 368 g/mol. The molecule has 0 aliphatic carbocycles. The van der Waals surface area contributed by atoms with E-state index >= 15 is 0 Å². The lowest BCUT2D eigenvalue weighted by Gasteiger charge is -2.22. The molecule has 2 aromatic rings. The number of anilines is 2. The first-order chi connectivity index (χ1) is 10.1. The average Bonchev–Trinajstić information content (AvgIpc) is 2.92. The van der Waals surface area contributed by atoms with Gasteiger partial charge >= 0.3 is 0 Å². The Morgan fingerprint density at radius 3 is 3.10 bits per heavy atom. The van der Waals surface area contributed by atoms with E-state index in [9.17, 15) is 4.79 Å². The van der Waals surface area contributed by atoms with Crippen LogP contribution in [0.1, 0.15) is 21.3 Å². The van der Waals surface area contributed by atoms with Gasteiger partial charge in [-0.25, -0.2) is 0 Å². The molecule has 110 valence electrons. The molecule has 1 aliphatic rings. The van der Waals surface area contributed by atoms with Crippen LogP contribution in [0, 0.1) is 6.92 Å². The quantitative estimate of drug-likeness (QED) is 0.758. The predicted octanol–water partition coefficient (Wildman–Crippen LogP) is 4.37. The minimum atomic E-state index is -0.140. The number of benzene rings is 1. The van der Waals surface area contributed by atoms with E-state index < -0.39 is 0 Å². The molecule has 0 saturated heterocycles. The molecule has 0 fully saturated rings. The van der Waals surface area contributed by atoms with Crippen molar-refractivity contribution in [2.24, 2.45) is 0 Å². The summed E-state index contributed by atoms with van der Waals surface area (Å²) in [5.41, 5.74) is 9.47. The number of nitrogens with one attached hydrogen (secondary N) is 1. The van der Waals surface area contributed by atoms with Crippen LogP contribution in [0.15, 0.2) is 28.1 Å². The number of hydrogen-bond acceptors (Lipinski definition) is 4. The highest BCUT2D eigenvalue weighted by molar-refractivity contribution is 9.10. The van der Waals surface area contributed by atoms with E-state index in [0.717, 1.165) is 27.8 Å². The van der Waals surface area contributed by atoms with Crippen molar-refractivity contribution in [2.45, 2.75) is 18.6 Å². The fraction of sp³-hybridized carbons (Fsp3) is 0.267. The van der Waals surface area contributed by atoms with Crippen molar-refractivity contribution in [1.82, 2.24) is 0 Å². The zero-order valence-corrected chi connectivity index (χ0v) is 14.7. The first kappa shape index (κ1) is 14.9. The number of nitrogens with two attached hydrogens (primary N) is 1. The summed E-state index contributed by atoms with van der Waals surface area (Å²) < 4.78 is 0.914. The highest BCUT2D eigenvalue weighted by atomic mass is 79.9. The normalized spacial score (nSPS) is 17.3. The SMILES string of the molecule is Cc1cc(Br)cc(NC(=O)C2SCCc3sccc32)c1N. The Hall–Kier alpha value is -0.980. The Bertz CT molecular complexity index is 699. The second-order valence-electron chi connectivity index (χ2n) is 4.97. The zero-order chi connectivity index (χ0) is 15.0. The van der Waals surface area contributed by atoms with Crippen molar-refractivity contribution in [1.29, 1.82) is 0 Å². The Balaban J connectivity index is 1.86. The van der Waals surface area contributed by atoms with Gasteiger partial charge in [-0.3, -0.25) is 4.79 Å². The van der Waals surface area contributed by atoms with E-state index in [0.29, 0.717) is 11.4 Å². The Kier molecular flexibility index (Phi) is 4.28. The number of amides is 1. The molecular formula is C15H15BrN2OS2. The molecule has 0 spiro atoms. The van der Waals surface area contributed by atoms with Gasteiger partial charge < -0.3 is 11.1 Å². The van der Waals surface area contributed by atoms with E-state index in [2.05, 4.69) is 32.7 Å². The molecule has 1 aromatic heterocycles. The molecule has 2 heterocycles. The number of halogens is 1. The molecule has 21 heavy (non-hydrogen) atoms. The second kappa shape index (κ2) is 6.02. The summed E-state index contributed by atoms with van der Waals surface area (Å²) in [6.07, 6.45) is 1.06. The van der Waals surface area contributed by atoms with Crippen molar-refractivity contribution in [3.8, 4) is 0 Å². The van der Waals surface area contributed by atoms with Gasteiger partial charge in [0.05, 0.1) is 11.4 Å². The summed E-state index contributed by atoms with van der Waals surface area (Å²) in [5.74, 6) is 0.988. The van der Waals surface area contributed by atoms with Gasteiger partial charge in [-0.2, -0.15) is 0 Å². The van der Waals surface area contributed by atoms with Gasteiger partial charge in [-0.15, -0.1) is 23.1 Å². The van der Waals surface area contributed by atoms with E-state index in [-0.39, 0.29) is 11.2 Å². The lowest BCUT2D eigenvalue weighted by atomic mass is 10.1. The van der Waals surface area contributed by atoms with Crippen LogP contribution in [0.4, 0.5) is 11.4 Å². The van der Waals surface area contributed by atoms with Gasteiger partial charge in [0.25, 0.3) is 0 Å². The van der Waals surface area contributed by atoms with Crippen molar-refractivity contribution < 1.29 is 4.79 Å². The standard InChI is InChI=1S/C15H15BrN2OS2/c1-8-6-9(16)7-11(13(8)17)18-15(19)14-10-2-4-20-12(10)3-5-21-14/h2,4,6-7,14H,3,5,17H2,1H3,(H,18,19). The molecule has 1 aliphatic heterocycles. The predicted molar refractivity (Wildman–Crippen MR) is 95.1 cm³/mol. The molecule has 1 atom stereocenters. The van der Waals surface area contributed by atoms with Crippen LogP contribution in [0.5, 0.6) is 0 Å². The summed E-state index contributed by atoms with van der Waals surface area (Å²) in [4.78, 5) is 13.9. The van der Waals surface area contributed by atoms with Crippen LogP contribution in [0.2, 0.25) is 0 Å². The minimum Gasteiger partial charge on any atom is -0.397 e. The van der Waals surface area contributed by atoms with Crippen molar-refractivity contribution in [2.75, 3.05) is 16.8 Å². The number of fused-ring (bicyclic) bond motifs is 1. The first-order valence-electron chi connectivity index (χ1n) is 6.60. The third kappa shape index (κ3) is 2.98. The summed E-state index contributed by atoms with van der Waals surface area (Å²) in [6, 6.07) is 5.85. The van der Waals surface area contributed by atoms with Gasteiger partial charge in [0.15, 0.2) is 0 Å². The van der Waals surface area contributed by atoms with E-state index in [4.69, 9.17) is 5.73 Å². The highest BCUT2D eigenvalue weighted by Crippen LogP contribution is 2.40. The number of thiophene rings is 1. The molecule has 3 nitrogen and oxygen atoms in total. The molecule has 0 radical (unpaired) electrons. The van der Waals surface area contributed by atoms with Crippen LogP contribution < -0.4 is 11.1 Å². The summed E-state index contributed by atoms with van der Waals surface area (Å²) in [7, 11) is 0. The maximum absolute atomic E-state index is 12.6. The molecule has 6 heteroatoms. The monoisotopic (exact) mass is 382 g/mol. The smallest absolute Gasteiger partial charge is 0.242 e. The van der Waals surface area contributed by atoms with Crippen LogP contribution in [-0.2, 0) is 11.2 Å². The van der Waals surface area contributed by atoms with Crippen LogP contribution in [0.25, 0.3) is 0 Å². The van der Waals surface area contributed by atoms with Crippen LogP contribution in [0.3, 0.4) is 0 Å². The molecule has 3 N–H and O–H groups in total. The Labute approximate surface area is 140 Å². The summed E-state index contributed by atoms with van der Waals surface area (Å²) >= 11 is 6.87. The number of thioether (sulfide) groups is 1. The highest BCUT2D eigenvalue weighted by Gasteiger charge is 2.28. The number of hydrogen-bond donors (Lipinski definition) is 2. The van der Waals surface area contributed by atoms with Gasteiger partial charge in [0.2, 0.25) is 5.91 Å². The molecule has 0 bridgehead atoms. The maximum Gasteiger partial charge on any atom is 0.242 e. The number of nitrogen functional groups attached to an aromatic ring is 1. The van der Waals surface area contributed by atoms with Crippen molar-refractivity contribution in [3.63, 3.8) is 0 Å². The van der Waals surface area contributed by atoms with Crippen LogP contribution in [-0.4, -0.2) is 11.7 Å². The zero-order valence-electron chi connectivity index (χ0n) is 11.5. The largest absolute Gasteiger partial charge is 0.397 e. The second-order valence-corrected chi connectivity index (χ2v) is 8.10. The van der Waals surface area contributed by atoms with Gasteiger partial charge in [0, 0.05) is 9.35 Å². The number of rotatable bonds is 2. The third-order valence-corrected chi connectivity index (χ3v) is 6.22. The summed E-state index contributed by atoms with van der Waals surface area (Å²) in [5, 5.41) is 4.91. The topological polar surface area (TPSA) is 55.1 Å². The molecule has 1 unspecified atom stereocenters. The Morgan fingerprint density at radius 1 is 1.48 bits per heavy atom. The van der Waals surface area contributed by atoms with Crippen LogP contribution >= 0.6 is 39.0 Å². The average molecular weight is 383 g/mol. The molecule has 1 aromatic carbocycles. The van der Waals surface area contributed by atoms with E-state index in [1.807, 2.05) is 19.1 Å². The minimum absolute atomic E-state index is 0.00329. The van der Waals surface area contributed by atoms with Crippen molar-refractivity contribution in [3.05, 3.63) is 44.1 Å². The number of carbonyl (C=O) groups excluding carboxylic acids is 1. The van der Waals surface area contributed by atoms with E-state index in [1.54, 1.807) is 23.1 Å². The number of carbonyl (C=O) groups is 1. The summed E-state index contributed by atoms with van der Waals surface area (Å²) in [6.45, 7) is 1.93. The van der Waals surface area contributed by atoms with Gasteiger partial charge in [-0.1, -0.05) is 15.9 Å². The fourth-order valence-electron chi connectivity index (χ4n) is 2.42. The first-order valence-corrected chi connectivity index (χ1v) is 9.33. The van der Waals surface area contributed by atoms with Gasteiger partial charge in [-0.05, 0) is 53.8 Å². The molecule has 3 rings (SSSR count). The lowest BCUT2D eigenvalue weighted by molar-refractivity contribution is -0.115. The third-order valence-electron chi connectivity index (χ3n) is 3.52. The van der Waals surface area contributed by atoms with E-state index in [1.165, 1.54) is 4.88 Å². The number of aryl methyl sites for hydroxylation is 2. The molecule has 0 saturated carbocycles. The fourth-order valence-corrected chi connectivity index (χ4v) is 5.28. The molecule has 1 amide bonds. The Morgan fingerprint density at radius 2 is 2.29 bits per heavy atom. The lowest BCUT2D eigenvalue weighted by Crippen LogP contribution is -2.22. The van der Waals surface area contributed by atoms with Crippen molar-refractivity contribution >= 4 is 56.3 Å².